The minimum absolute atomic E-state index is 0.0316. The number of piperazine rings is 1. The first-order valence-corrected chi connectivity index (χ1v) is 8.76. The van der Waals surface area contributed by atoms with E-state index in [1.54, 1.807) is 18.2 Å². The molecule has 1 saturated carbocycles. The van der Waals surface area contributed by atoms with Gasteiger partial charge < -0.3 is 15.7 Å². The van der Waals surface area contributed by atoms with Crippen LogP contribution in [0.3, 0.4) is 0 Å². The summed E-state index contributed by atoms with van der Waals surface area (Å²) in [5.41, 5.74) is 0.516. The van der Waals surface area contributed by atoms with Crippen molar-refractivity contribution in [2.75, 3.05) is 19.6 Å². The lowest BCUT2D eigenvalue weighted by Gasteiger charge is -2.34. The number of hydrogen-bond acceptors (Lipinski definition) is 4. The Labute approximate surface area is 146 Å². The summed E-state index contributed by atoms with van der Waals surface area (Å²) in [6.07, 6.45) is 1.24. The fraction of sp³-hybridized carbons (Fsp3) is 0.556. The molecule has 1 aromatic rings. The lowest BCUT2D eigenvalue weighted by Crippen LogP contribution is -2.55. The molecule has 1 aliphatic heterocycles. The topological polar surface area (TPSA) is 81.7 Å². The van der Waals surface area contributed by atoms with Crippen LogP contribution in [0.1, 0.15) is 24.8 Å². The van der Waals surface area contributed by atoms with Gasteiger partial charge in [-0.05, 0) is 30.9 Å². The van der Waals surface area contributed by atoms with Crippen LogP contribution in [0.25, 0.3) is 0 Å². The zero-order valence-corrected chi connectivity index (χ0v) is 14.1. The van der Waals surface area contributed by atoms with Gasteiger partial charge in [0.1, 0.15) is 5.82 Å². The Morgan fingerprint density at radius 2 is 2.16 bits per heavy atom. The van der Waals surface area contributed by atoms with Crippen molar-refractivity contribution >= 4 is 11.8 Å². The monoisotopic (exact) mass is 349 g/mol. The third-order valence-corrected chi connectivity index (χ3v) is 5.04. The Morgan fingerprint density at radius 1 is 1.36 bits per heavy atom. The van der Waals surface area contributed by atoms with Crippen molar-refractivity contribution in [3.8, 4) is 0 Å². The number of hydrogen-bond donors (Lipinski definition) is 3. The molecular weight excluding hydrogens is 325 g/mol. The maximum atomic E-state index is 13.6. The molecule has 3 atom stereocenters. The van der Waals surface area contributed by atoms with E-state index >= 15 is 0 Å². The maximum Gasteiger partial charge on any atom is 0.234 e. The van der Waals surface area contributed by atoms with E-state index in [2.05, 4.69) is 10.6 Å². The van der Waals surface area contributed by atoms with Crippen molar-refractivity contribution in [1.82, 2.24) is 15.5 Å². The fourth-order valence-corrected chi connectivity index (χ4v) is 3.69. The van der Waals surface area contributed by atoms with Gasteiger partial charge in [-0.2, -0.15) is 0 Å². The summed E-state index contributed by atoms with van der Waals surface area (Å²) >= 11 is 0. The number of aliphatic hydroxyl groups is 1. The maximum absolute atomic E-state index is 13.6. The molecule has 0 radical (unpaired) electrons. The highest BCUT2D eigenvalue weighted by molar-refractivity contribution is 5.78. The minimum Gasteiger partial charge on any atom is -0.389 e. The Hall–Kier alpha value is -1.99. The average Bonchev–Trinajstić information content (AvgIpc) is 2.95. The molecular formula is C18H24FN3O3. The molecule has 25 heavy (non-hydrogen) atoms. The van der Waals surface area contributed by atoms with E-state index in [4.69, 9.17) is 0 Å². The summed E-state index contributed by atoms with van der Waals surface area (Å²) in [7, 11) is 0. The highest BCUT2D eigenvalue weighted by Gasteiger charge is 2.40. The Bertz CT molecular complexity index is 640. The van der Waals surface area contributed by atoms with E-state index in [1.807, 2.05) is 4.90 Å². The first-order valence-electron chi connectivity index (χ1n) is 8.76. The van der Waals surface area contributed by atoms with Crippen molar-refractivity contribution in [3.05, 3.63) is 35.6 Å². The van der Waals surface area contributed by atoms with Crippen LogP contribution in [-0.2, 0) is 16.0 Å². The molecule has 6 nitrogen and oxygen atoms in total. The molecule has 2 aliphatic rings. The number of aryl methyl sites for hydroxylation is 1. The summed E-state index contributed by atoms with van der Waals surface area (Å²) < 4.78 is 13.6. The normalized spacial score (nSPS) is 27.1. The zero-order valence-electron chi connectivity index (χ0n) is 14.1. The summed E-state index contributed by atoms with van der Waals surface area (Å²) in [6, 6.07) is 5.99. The van der Waals surface area contributed by atoms with Crippen LogP contribution in [-0.4, -0.2) is 59.6 Å². The quantitative estimate of drug-likeness (QED) is 0.709. The van der Waals surface area contributed by atoms with Crippen molar-refractivity contribution in [1.29, 1.82) is 0 Å². The van der Waals surface area contributed by atoms with Gasteiger partial charge in [0.25, 0.3) is 0 Å². The molecule has 0 unspecified atom stereocenters. The van der Waals surface area contributed by atoms with E-state index < -0.39 is 6.10 Å². The van der Waals surface area contributed by atoms with Crippen molar-refractivity contribution in [2.24, 2.45) is 0 Å². The van der Waals surface area contributed by atoms with Gasteiger partial charge in [0.2, 0.25) is 11.8 Å². The second kappa shape index (κ2) is 7.93. The lowest BCUT2D eigenvalue weighted by molar-refractivity contribution is -0.126. The van der Waals surface area contributed by atoms with Crippen molar-refractivity contribution in [2.45, 2.75) is 43.9 Å². The van der Waals surface area contributed by atoms with Gasteiger partial charge in [0, 0.05) is 25.6 Å². The number of carbonyl (C=O) groups excluding carboxylic acids is 2. The summed E-state index contributed by atoms with van der Waals surface area (Å²) in [5, 5.41) is 16.1. The third kappa shape index (κ3) is 4.35. The molecule has 0 spiro atoms. The second-order valence-electron chi connectivity index (χ2n) is 6.72. The Kier molecular flexibility index (Phi) is 5.65. The van der Waals surface area contributed by atoms with E-state index in [9.17, 15) is 19.1 Å². The lowest BCUT2D eigenvalue weighted by atomic mass is 10.1. The van der Waals surface area contributed by atoms with Gasteiger partial charge in [-0.1, -0.05) is 18.2 Å². The molecule has 1 heterocycles. The fourth-order valence-electron chi connectivity index (χ4n) is 3.69. The standard InChI is InChI=1S/C18H24FN3O3/c19-13-4-2-1-3-12(13)5-8-16(23)21-14-6-7-15(18(14)25)22-10-9-20-17(24)11-22/h1-4,14-15,18,25H,5-11H2,(H,20,24)(H,21,23)/t14-,15-,18-/m1/s1. The van der Waals surface area contributed by atoms with Crippen LogP contribution in [0.15, 0.2) is 24.3 Å². The van der Waals surface area contributed by atoms with E-state index in [0.29, 0.717) is 31.5 Å². The number of halogens is 1. The molecule has 0 aromatic heterocycles. The van der Waals surface area contributed by atoms with Crippen LogP contribution in [0.2, 0.25) is 0 Å². The van der Waals surface area contributed by atoms with Crippen LogP contribution in [0.5, 0.6) is 0 Å². The number of carbonyl (C=O) groups is 2. The van der Waals surface area contributed by atoms with Gasteiger partial charge in [-0.15, -0.1) is 0 Å². The average molecular weight is 349 g/mol. The Balaban J connectivity index is 1.49. The van der Waals surface area contributed by atoms with Crippen LogP contribution in [0.4, 0.5) is 4.39 Å². The first kappa shape index (κ1) is 17.8. The van der Waals surface area contributed by atoms with Crippen LogP contribution in [0, 0.1) is 5.82 Å². The molecule has 7 heteroatoms. The SMILES string of the molecule is O=C1CN([C@@H]2CC[C@@H](NC(=O)CCc3ccccc3F)[C@H]2O)CCN1. The van der Waals surface area contributed by atoms with Crippen molar-refractivity contribution in [3.63, 3.8) is 0 Å². The molecule has 136 valence electrons. The Morgan fingerprint density at radius 3 is 2.92 bits per heavy atom. The molecule has 1 saturated heterocycles. The van der Waals surface area contributed by atoms with Gasteiger partial charge in [-0.25, -0.2) is 4.39 Å². The van der Waals surface area contributed by atoms with E-state index in [-0.39, 0.29) is 42.7 Å². The number of nitrogens with one attached hydrogen (secondary N) is 2. The second-order valence-corrected chi connectivity index (χ2v) is 6.72. The molecule has 1 aliphatic carbocycles. The van der Waals surface area contributed by atoms with Gasteiger partial charge in [0.05, 0.1) is 18.7 Å². The number of benzene rings is 1. The molecule has 3 rings (SSSR count). The van der Waals surface area contributed by atoms with Crippen molar-refractivity contribution < 1.29 is 19.1 Å². The number of aliphatic hydroxyl groups excluding tert-OH is 1. The summed E-state index contributed by atoms with van der Waals surface area (Å²) in [4.78, 5) is 25.6. The van der Waals surface area contributed by atoms with Gasteiger partial charge in [0.15, 0.2) is 0 Å². The van der Waals surface area contributed by atoms with Crippen LogP contribution < -0.4 is 10.6 Å². The molecule has 0 bridgehead atoms. The van der Waals surface area contributed by atoms with E-state index in [0.717, 1.165) is 6.42 Å². The first-order chi connectivity index (χ1) is 12.0. The van der Waals surface area contributed by atoms with Gasteiger partial charge in [-0.3, -0.25) is 14.5 Å². The highest BCUT2D eigenvalue weighted by Crippen LogP contribution is 2.25. The predicted octanol–water partition coefficient (Wildman–Crippen LogP) is 0.198. The molecule has 2 fully saturated rings. The van der Waals surface area contributed by atoms with Crippen LogP contribution >= 0.6 is 0 Å². The molecule has 1 aromatic carbocycles. The summed E-state index contributed by atoms with van der Waals surface area (Å²) in [6.45, 7) is 1.58. The number of amides is 2. The molecule has 2 amide bonds. The smallest absolute Gasteiger partial charge is 0.234 e. The number of nitrogens with zero attached hydrogens (tertiary/aromatic N) is 1. The zero-order chi connectivity index (χ0) is 17.8. The predicted molar refractivity (Wildman–Crippen MR) is 90.3 cm³/mol. The third-order valence-electron chi connectivity index (χ3n) is 5.04. The summed E-state index contributed by atoms with van der Waals surface area (Å²) in [5.74, 6) is -0.528. The number of rotatable bonds is 5. The molecule has 3 N–H and O–H groups in total. The highest BCUT2D eigenvalue weighted by atomic mass is 19.1. The van der Waals surface area contributed by atoms with E-state index in [1.165, 1.54) is 6.07 Å². The largest absolute Gasteiger partial charge is 0.389 e. The van der Waals surface area contributed by atoms with Gasteiger partial charge >= 0.3 is 0 Å². The minimum atomic E-state index is -0.691.